The molecule has 0 atom stereocenters. The lowest BCUT2D eigenvalue weighted by molar-refractivity contribution is 0.415. The van der Waals surface area contributed by atoms with E-state index in [4.69, 9.17) is 4.74 Å². The summed E-state index contributed by atoms with van der Waals surface area (Å²) in [6.07, 6.45) is 1.11. The number of halogens is 2. The number of hydrogen-bond acceptors (Lipinski definition) is 4. The molecule has 0 bridgehead atoms. The van der Waals surface area contributed by atoms with E-state index in [9.17, 15) is 4.39 Å². The average molecular weight is 354 g/mol. The van der Waals surface area contributed by atoms with Gasteiger partial charge in [-0.15, -0.1) is 0 Å². The number of anilines is 1. The first kappa shape index (κ1) is 15.7. The minimum atomic E-state index is -0.589. The molecule has 0 radical (unpaired) electrons. The van der Waals surface area contributed by atoms with Gasteiger partial charge in [0, 0.05) is 11.0 Å². The van der Waals surface area contributed by atoms with Crippen molar-refractivity contribution >= 4 is 21.9 Å². The first-order valence-corrected chi connectivity index (χ1v) is 7.54. The van der Waals surface area contributed by atoms with Gasteiger partial charge in [-0.05, 0) is 36.6 Å². The summed E-state index contributed by atoms with van der Waals surface area (Å²) < 4.78 is 20.4. The van der Waals surface area contributed by atoms with Crippen molar-refractivity contribution in [2.45, 2.75) is 26.7 Å². The third-order valence-corrected chi connectivity index (χ3v) is 3.34. The molecule has 0 unspecified atom stereocenters. The normalized spacial score (nSPS) is 10.8. The van der Waals surface area contributed by atoms with Crippen molar-refractivity contribution in [2.75, 3.05) is 11.9 Å². The second kappa shape index (κ2) is 6.85. The molecule has 1 heterocycles. The van der Waals surface area contributed by atoms with E-state index in [1.165, 1.54) is 0 Å². The van der Waals surface area contributed by atoms with E-state index in [1.54, 1.807) is 6.07 Å². The molecule has 0 aliphatic carbocycles. The quantitative estimate of drug-likeness (QED) is 0.844. The van der Waals surface area contributed by atoms with Crippen LogP contribution >= 0.6 is 15.9 Å². The Kier molecular flexibility index (Phi) is 5.12. The van der Waals surface area contributed by atoms with Gasteiger partial charge in [-0.1, -0.05) is 29.8 Å². The molecule has 0 aliphatic rings. The number of rotatable bonds is 5. The Balaban J connectivity index is 2.35. The smallest absolute Gasteiger partial charge is 0.260 e. The first-order valence-electron chi connectivity index (χ1n) is 6.75. The minimum absolute atomic E-state index is 0.0785. The summed E-state index contributed by atoms with van der Waals surface area (Å²) in [5.41, 5.74) is 0.979. The zero-order chi connectivity index (χ0) is 15.4. The molecule has 0 amide bonds. The molecule has 1 N–H and O–H groups in total. The Morgan fingerprint density at radius 3 is 2.81 bits per heavy atom. The van der Waals surface area contributed by atoms with Crippen LogP contribution in [0.15, 0.2) is 28.9 Å². The van der Waals surface area contributed by atoms with Gasteiger partial charge in [0.2, 0.25) is 11.8 Å². The van der Waals surface area contributed by atoms with E-state index < -0.39 is 5.82 Å². The van der Waals surface area contributed by atoms with E-state index in [0.717, 1.165) is 16.2 Å². The summed E-state index contributed by atoms with van der Waals surface area (Å²) >= 11 is 3.43. The van der Waals surface area contributed by atoms with Crippen LogP contribution in [0.5, 0.6) is 11.6 Å². The summed E-state index contributed by atoms with van der Waals surface area (Å²) in [7, 11) is 0. The summed E-state index contributed by atoms with van der Waals surface area (Å²) in [5, 5.41) is 2.93. The van der Waals surface area contributed by atoms with Crippen LogP contribution in [0, 0.1) is 5.82 Å². The van der Waals surface area contributed by atoms with E-state index in [0.29, 0.717) is 18.2 Å². The van der Waals surface area contributed by atoms with Crippen LogP contribution in [0.4, 0.5) is 10.3 Å². The first-order chi connectivity index (χ1) is 10.0. The lowest BCUT2D eigenvalue weighted by Crippen LogP contribution is -2.04. The maximum absolute atomic E-state index is 13.8. The van der Waals surface area contributed by atoms with Crippen molar-refractivity contribution < 1.29 is 9.13 Å². The summed E-state index contributed by atoms with van der Waals surface area (Å²) in [4.78, 5) is 7.91. The topological polar surface area (TPSA) is 47.0 Å². The Labute approximate surface area is 131 Å². The van der Waals surface area contributed by atoms with Gasteiger partial charge < -0.3 is 10.1 Å². The lowest BCUT2D eigenvalue weighted by atomic mass is 10.0. The number of aromatic nitrogens is 2. The maximum Gasteiger partial charge on any atom is 0.260 e. The van der Waals surface area contributed by atoms with Gasteiger partial charge in [-0.25, -0.2) is 4.98 Å². The van der Waals surface area contributed by atoms with Crippen LogP contribution in [0.2, 0.25) is 0 Å². The number of nitrogens with zero attached hydrogens (tertiary/aromatic N) is 2. The van der Waals surface area contributed by atoms with Crippen LogP contribution < -0.4 is 10.1 Å². The van der Waals surface area contributed by atoms with Gasteiger partial charge >= 0.3 is 0 Å². The fraction of sp³-hybridized carbons (Fsp3) is 0.333. The molecule has 0 spiro atoms. The highest BCUT2D eigenvalue weighted by atomic mass is 79.9. The summed E-state index contributed by atoms with van der Waals surface area (Å²) in [6, 6.07) is 5.61. The molecule has 0 fully saturated rings. The number of nitrogens with one attached hydrogen (secondary N) is 1. The molecule has 0 aliphatic heterocycles. The highest BCUT2D eigenvalue weighted by Gasteiger charge is 2.14. The molecular weight excluding hydrogens is 337 g/mol. The average Bonchev–Trinajstić information content (AvgIpc) is 2.44. The second-order valence-corrected chi connectivity index (χ2v) is 5.73. The Morgan fingerprint density at radius 1 is 1.38 bits per heavy atom. The summed E-state index contributed by atoms with van der Waals surface area (Å²) in [6.45, 7) is 6.67. The molecule has 4 nitrogen and oxygen atoms in total. The van der Waals surface area contributed by atoms with E-state index in [1.807, 2.05) is 19.1 Å². The van der Waals surface area contributed by atoms with Gasteiger partial charge in [-0.3, -0.25) is 0 Å². The predicted molar refractivity (Wildman–Crippen MR) is 84.5 cm³/mol. The van der Waals surface area contributed by atoms with Crippen molar-refractivity contribution in [1.29, 1.82) is 0 Å². The Hall–Kier alpha value is -1.69. The fourth-order valence-corrected chi connectivity index (χ4v) is 2.21. The van der Waals surface area contributed by atoms with Crippen molar-refractivity contribution in [3.05, 3.63) is 40.2 Å². The highest BCUT2D eigenvalue weighted by Crippen LogP contribution is 2.33. The lowest BCUT2D eigenvalue weighted by Gasteiger charge is -2.14. The van der Waals surface area contributed by atoms with Crippen LogP contribution in [0.25, 0.3) is 0 Å². The zero-order valence-electron chi connectivity index (χ0n) is 12.2. The second-order valence-electron chi connectivity index (χ2n) is 4.82. The third-order valence-electron chi connectivity index (χ3n) is 2.85. The van der Waals surface area contributed by atoms with E-state index >= 15 is 0 Å². The molecule has 6 heteroatoms. The Bertz CT molecular complexity index is 634. The number of ether oxygens (including phenoxy) is 1. The van der Waals surface area contributed by atoms with E-state index in [2.05, 4.69) is 45.1 Å². The number of hydrogen-bond donors (Lipinski definition) is 1. The van der Waals surface area contributed by atoms with Gasteiger partial charge in [-0.2, -0.15) is 9.37 Å². The molecule has 1 aromatic carbocycles. The van der Waals surface area contributed by atoms with Crippen molar-refractivity contribution in [1.82, 2.24) is 9.97 Å². The van der Waals surface area contributed by atoms with Gasteiger partial charge in [0.1, 0.15) is 5.75 Å². The Morgan fingerprint density at radius 2 is 2.14 bits per heavy atom. The van der Waals surface area contributed by atoms with Crippen LogP contribution in [0.1, 0.15) is 32.3 Å². The number of benzene rings is 1. The largest absolute Gasteiger partial charge is 0.436 e. The van der Waals surface area contributed by atoms with Gasteiger partial charge in [0.15, 0.2) is 0 Å². The molecule has 1 aromatic heterocycles. The van der Waals surface area contributed by atoms with Gasteiger partial charge in [0.25, 0.3) is 5.88 Å². The fourth-order valence-electron chi connectivity index (χ4n) is 1.83. The van der Waals surface area contributed by atoms with Gasteiger partial charge in [0.05, 0.1) is 6.20 Å². The molecular formula is C15H17BrFN3O. The standard InChI is InChI=1S/C15H17BrFN3O/c1-4-18-15-19-8-12(17)14(20-15)21-13-6-5-10(16)7-11(13)9(2)3/h5-9H,4H2,1-3H3,(H,18,19,20). The molecule has 2 rings (SSSR count). The van der Waals surface area contributed by atoms with E-state index in [-0.39, 0.29) is 11.8 Å². The highest BCUT2D eigenvalue weighted by molar-refractivity contribution is 9.10. The predicted octanol–water partition coefficient (Wildman–Crippen LogP) is 4.73. The zero-order valence-corrected chi connectivity index (χ0v) is 13.7. The molecule has 2 aromatic rings. The SMILES string of the molecule is CCNc1ncc(F)c(Oc2ccc(Br)cc2C(C)C)n1. The van der Waals surface area contributed by atoms with Crippen LogP contribution in [-0.4, -0.2) is 16.5 Å². The molecule has 0 saturated carbocycles. The van der Waals surface area contributed by atoms with Crippen LogP contribution in [0.3, 0.4) is 0 Å². The van der Waals surface area contributed by atoms with Crippen molar-refractivity contribution in [2.24, 2.45) is 0 Å². The molecule has 0 saturated heterocycles. The third kappa shape index (κ3) is 3.91. The minimum Gasteiger partial charge on any atom is -0.436 e. The van der Waals surface area contributed by atoms with Crippen LogP contribution in [-0.2, 0) is 0 Å². The molecule has 21 heavy (non-hydrogen) atoms. The monoisotopic (exact) mass is 353 g/mol. The van der Waals surface area contributed by atoms with Crippen molar-refractivity contribution in [3.8, 4) is 11.6 Å². The van der Waals surface area contributed by atoms with Crippen molar-refractivity contribution in [3.63, 3.8) is 0 Å². The molecule has 112 valence electrons. The maximum atomic E-state index is 13.8. The summed E-state index contributed by atoms with van der Waals surface area (Å²) in [5.74, 6) is 0.514.